The summed E-state index contributed by atoms with van der Waals surface area (Å²) in [6, 6.07) is 0. The van der Waals surface area contributed by atoms with E-state index < -0.39 is 10.1 Å². The van der Waals surface area contributed by atoms with Crippen molar-refractivity contribution < 1.29 is 17.7 Å². The highest BCUT2D eigenvalue weighted by Gasteiger charge is 1.93. The van der Waals surface area contributed by atoms with Crippen LogP contribution in [-0.4, -0.2) is 32.9 Å². The number of ether oxygens (including phenoxy) is 1. The van der Waals surface area contributed by atoms with Crippen molar-refractivity contribution in [2.24, 2.45) is 0 Å². The summed E-state index contributed by atoms with van der Waals surface area (Å²) in [4.78, 5) is 0. The van der Waals surface area contributed by atoms with E-state index in [2.05, 4.69) is 4.74 Å². The van der Waals surface area contributed by atoms with Gasteiger partial charge in [-0.2, -0.15) is 8.42 Å². The SMILES string of the molecule is CCS(=O)(=O)O.COC. The zero-order valence-corrected chi connectivity index (χ0v) is 6.60. The molecule has 0 bridgehead atoms. The molecule has 0 saturated carbocycles. The van der Waals surface area contributed by atoms with Crippen molar-refractivity contribution in [1.29, 1.82) is 0 Å². The molecule has 0 aliphatic carbocycles. The molecule has 58 valence electrons. The van der Waals surface area contributed by atoms with Crippen LogP contribution in [-0.2, 0) is 14.9 Å². The van der Waals surface area contributed by atoms with Gasteiger partial charge in [0.2, 0.25) is 0 Å². The minimum atomic E-state index is -3.66. The third-order valence-corrected chi connectivity index (χ3v) is 1.09. The molecule has 0 fully saturated rings. The van der Waals surface area contributed by atoms with Gasteiger partial charge in [-0.05, 0) is 6.92 Å². The van der Waals surface area contributed by atoms with Crippen molar-refractivity contribution in [1.82, 2.24) is 0 Å². The highest BCUT2D eigenvalue weighted by atomic mass is 32.2. The molecule has 5 heteroatoms. The van der Waals surface area contributed by atoms with Crippen LogP contribution in [0.5, 0.6) is 0 Å². The van der Waals surface area contributed by atoms with Crippen molar-refractivity contribution in [2.75, 3.05) is 20.0 Å². The molecule has 0 atom stereocenters. The molecule has 0 rings (SSSR count). The van der Waals surface area contributed by atoms with Crippen molar-refractivity contribution in [3.63, 3.8) is 0 Å². The molecule has 0 aromatic rings. The first-order chi connectivity index (χ1) is 3.97. The Kier molecular flexibility index (Phi) is 7.76. The second-order valence-electron chi connectivity index (χ2n) is 1.28. The molecule has 0 aromatic carbocycles. The average molecular weight is 156 g/mol. The number of hydrogen-bond donors (Lipinski definition) is 1. The van der Waals surface area contributed by atoms with E-state index in [1.807, 2.05) is 0 Å². The molecule has 0 unspecified atom stereocenters. The van der Waals surface area contributed by atoms with Gasteiger partial charge in [0.05, 0.1) is 5.75 Å². The van der Waals surface area contributed by atoms with Gasteiger partial charge in [0.25, 0.3) is 10.1 Å². The van der Waals surface area contributed by atoms with E-state index in [9.17, 15) is 8.42 Å². The molecular formula is C4H12O4S. The van der Waals surface area contributed by atoms with Crippen molar-refractivity contribution in [2.45, 2.75) is 6.92 Å². The van der Waals surface area contributed by atoms with Gasteiger partial charge in [-0.15, -0.1) is 0 Å². The molecule has 0 aliphatic rings. The topological polar surface area (TPSA) is 63.6 Å². The predicted molar refractivity (Wildman–Crippen MR) is 35.0 cm³/mol. The Labute approximate surface area is 55.6 Å². The third-order valence-electron chi connectivity index (χ3n) is 0.365. The maximum atomic E-state index is 9.56. The molecule has 0 amide bonds. The van der Waals surface area contributed by atoms with Gasteiger partial charge in [0, 0.05) is 14.2 Å². The van der Waals surface area contributed by atoms with Crippen LogP contribution in [0.2, 0.25) is 0 Å². The summed E-state index contributed by atoms with van der Waals surface area (Å²) in [5.41, 5.74) is 0. The van der Waals surface area contributed by atoms with Gasteiger partial charge >= 0.3 is 0 Å². The fourth-order valence-corrected chi connectivity index (χ4v) is 0. The van der Waals surface area contributed by atoms with Crippen LogP contribution in [0.25, 0.3) is 0 Å². The normalized spacial score (nSPS) is 9.78. The van der Waals surface area contributed by atoms with Crippen LogP contribution in [0.3, 0.4) is 0 Å². The Morgan fingerprint density at radius 3 is 1.56 bits per heavy atom. The Balaban J connectivity index is 0. The molecule has 0 heterocycles. The first-order valence-corrected chi connectivity index (χ1v) is 3.94. The second-order valence-corrected chi connectivity index (χ2v) is 3.02. The average Bonchev–Trinajstić information content (AvgIpc) is 1.67. The van der Waals surface area contributed by atoms with E-state index in [4.69, 9.17) is 4.55 Å². The second kappa shape index (κ2) is 6.00. The van der Waals surface area contributed by atoms with E-state index in [0.717, 1.165) is 0 Å². The maximum Gasteiger partial charge on any atom is 0.264 e. The van der Waals surface area contributed by atoms with Crippen molar-refractivity contribution in [3.8, 4) is 0 Å². The van der Waals surface area contributed by atoms with Crippen molar-refractivity contribution in [3.05, 3.63) is 0 Å². The zero-order valence-electron chi connectivity index (χ0n) is 5.79. The molecule has 1 N–H and O–H groups in total. The van der Waals surface area contributed by atoms with Gasteiger partial charge in [-0.1, -0.05) is 0 Å². The van der Waals surface area contributed by atoms with E-state index in [-0.39, 0.29) is 5.75 Å². The van der Waals surface area contributed by atoms with Gasteiger partial charge in [-0.3, -0.25) is 4.55 Å². The third kappa shape index (κ3) is 32.9. The lowest BCUT2D eigenvalue weighted by molar-refractivity contribution is 0.277. The molecule has 0 aliphatic heterocycles. The van der Waals surface area contributed by atoms with Crippen LogP contribution in [0.1, 0.15) is 6.92 Å². The zero-order chi connectivity index (χ0) is 7.91. The first kappa shape index (κ1) is 11.6. The lowest BCUT2D eigenvalue weighted by atomic mass is 11.0. The predicted octanol–water partition coefficient (Wildman–Crippen LogP) is 0.157. The smallest absolute Gasteiger partial charge is 0.264 e. The molecule has 9 heavy (non-hydrogen) atoms. The van der Waals surface area contributed by atoms with Crippen LogP contribution in [0.15, 0.2) is 0 Å². The summed E-state index contributed by atoms with van der Waals surface area (Å²) in [5, 5.41) is 0. The Morgan fingerprint density at radius 2 is 1.56 bits per heavy atom. The van der Waals surface area contributed by atoms with Crippen LogP contribution >= 0.6 is 0 Å². The van der Waals surface area contributed by atoms with E-state index in [0.29, 0.717) is 0 Å². The molecule has 4 nitrogen and oxygen atoms in total. The molecule has 0 spiro atoms. The summed E-state index contributed by atoms with van der Waals surface area (Å²) < 4.78 is 31.2. The fourth-order valence-electron chi connectivity index (χ4n) is 0. The van der Waals surface area contributed by atoms with Gasteiger partial charge in [-0.25, -0.2) is 0 Å². The summed E-state index contributed by atoms with van der Waals surface area (Å²) in [6.45, 7) is 1.37. The summed E-state index contributed by atoms with van der Waals surface area (Å²) in [5.74, 6) is -0.201. The summed E-state index contributed by atoms with van der Waals surface area (Å²) >= 11 is 0. The summed E-state index contributed by atoms with van der Waals surface area (Å²) in [6.07, 6.45) is 0. The van der Waals surface area contributed by atoms with Crippen molar-refractivity contribution >= 4 is 10.1 Å². The largest absolute Gasteiger partial charge is 0.388 e. The van der Waals surface area contributed by atoms with Crippen LogP contribution in [0.4, 0.5) is 0 Å². The van der Waals surface area contributed by atoms with Crippen LogP contribution < -0.4 is 0 Å². The highest BCUT2D eigenvalue weighted by molar-refractivity contribution is 7.85. The highest BCUT2D eigenvalue weighted by Crippen LogP contribution is 1.74. The van der Waals surface area contributed by atoms with Crippen LogP contribution in [0, 0.1) is 0 Å². The minimum absolute atomic E-state index is 0.201. The summed E-state index contributed by atoms with van der Waals surface area (Å²) in [7, 11) is -0.412. The number of methoxy groups -OCH3 is 1. The Bertz CT molecular complexity index is 126. The Hall–Kier alpha value is -0.130. The standard InChI is InChI=1S/C2H6O3S.C2H6O/c1-2-6(3,4)5;1-3-2/h2H2,1H3,(H,3,4,5);1-2H3. The molecule has 0 saturated heterocycles. The lowest BCUT2D eigenvalue weighted by Gasteiger charge is -1.79. The van der Waals surface area contributed by atoms with E-state index >= 15 is 0 Å². The first-order valence-electron chi connectivity index (χ1n) is 2.33. The monoisotopic (exact) mass is 156 g/mol. The van der Waals surface area contributed by atoms with Gasteiger partial charge < -0.3 is 4.74 Å². The van der Waals surface area contributed by atoms with E-state index in [1.165, 1.54) is 6.92 Å². The van der Waals surface area contributed by atoms with Gasteiger partial charge in [0.1, 0.15) is 0 Å². The lowest BCUT2D eigenvalue weighted by Crippen LogP contribution is -1.97. The minimum Gasteiger partial charge on any atom is -0.388 e. The number of rotatable bonds is 1. The quantitative estimate of drug-likeness (QED) is 0.549. The van der Waals surface area contributed by atoms with Gasteiger partial charge in [0.15, 0.2) is 0 Å². The maximum absolute atomic E-state index is 9.56. The Morgan fingerprint density at radius 1 is 1.44 bits per heavy atom. The van der Waals surface area contributed by atoms with E-state index in [1.54, 1.807) is 14.2 Å². The molecule has 0 radical (unpaired) electrons. The fraction of sp³-hybridized carbons (Fsp3) is 1.00. The molecular weight excluding hydrogens is 144 g/mol. The molecule has 0 aromatic heterocycles. The number of hydrogen-bond acceptors (Lipinski definition) is 3.